The molecular formula is C20H35P. The fourth-order valence-corrected chi connectivity index (χ4v) is 12.2. The zero-order valence-corrected chi connectivity index (χ0v) is 15.3. The fraction of sp³-hybridized carbons (Fsp3) is 0.800. The summed E-state index contributed by atoms with van der Waals surface area (Å²) in [6.45, 7) is 5.23. The van der Waals surface area contributed by atoms with Crippen molar-refractivity contribution in [2.24, 2.45) is 0 Å². The first-order valence-electron chi connectivity index (χ1n) is 9.59. The number of hydrogen-bond donors (Lipinski definition) is 0. The SMILES string of the molecule is CC1=C([PH](C)(C2CCCCC2)C2CCCCC2)CCC=C1. The van der Waals surface area contributed by atoms with Crippen LogP contribution in [0.25, 0.3) is 0 Å². The zero-order valence-electron chi connectivity index (χ0n) is 14.3. The van der Waals surface area contributed by atoms with Crippen LogP contribution in [0.15, 0.2) is 23.0 Å². The third-order valence-corrected chi connectivity index (χ3v) is 13.5. The molecule has 0 bridgehead atoms. The van der Waals surface area contributed by atoms with Crippen LogP contribution in [0.4, 0.5) is 0 Å². The van der Waals surface area contributed by atoms with E-state index < -0.39 is 7.26 Å². The molecule has 0 aromatic heterocycles. The fourth-order valence-electron chi connectivity index (χ4n) is 5.71. The molecule has 0 aliphatic heterocycles. The van der Waals surface area contributed by atoms with Gasteiger partial charge in [0.15, 0.2) is 0 Å². The molecular weight excluding hydrogens is 271 g/mol. The average molecular weight is 306 g/mol. The van der Waals surface area contributed by atoms with Crippen LogP contribution in [-0.2, 0) is 0 Å². The summed E-state index contributed by atoms with van der Waals surface area (Å²) in [5, 5.41) is 1.99. The van der Waals surface area contributed by atoms with E-state index in [9.17, 15) is 0 Å². The quantitative estimate of drug-likeness (QED) is 0.512. The summed E-state index contributed by atoms with van der Waals surface area (Å²) >= 11 is 0. The molecule has 3 rings (SSSR count). The van der Waals surface area contributed by atoms with Crippen molar-refractivity contribution in [1.29, 1.82) is 0 Å². The molecule has 120 valence electrons. The van der Waals surface area contributed by atoms with E-state index >= 15 is 0 Å². The van der Waals surface area contributed by atoms with Crippen molar-refractivity contribution in [1.82, 2.24) is 0 Å². The van der Waals surface area contributed by atoms with E-state index in [1.807, 2.05) is 5.31 Å². The van der Waals surface area contributed by atoms with Gasteiger partial charge in [0, 0.05) is 0 Å². The summed E-state index contributed by atoms with van der Waals surface area (Å²) in [6, 6.07) is 0. The first-order valence-corrected chi connectivity index (χ1v) is 12.2. The van der Waals surface area contributed by atoms with E-state index in [4.69, 9.17) is 0 Å². The van der Waals surface area contributed by atoms with E-state index in [1.165, 1.54) is 51.4 Å². The van der Waals surface area contributed by atoms with Crippen molar-refractivity contribution in [3.05, 3.63) is 23.0 Å². The minimum atomic E-state index is -1.28. The molecule has 0 saturated heterocycles. The molecule has 21 heavy (non-hydrogen) atoms. The van der Waals surface area contributed by atoms with Crippen molar-refractivity contribution < 1.29 is 0 Å². The average Bonchev–Trinajstić information content (AvgIpc) is 2.56. The summed E-state index contributed by atoms with van der Waals surface area (Å²) in [6.07, 6.45) is 22.9. The number of allylic oxidation sites excluding steroid dienone is 4. The van der Waals surface area contributed by atoms with Gasteiger partial charge in [-0.15, -0.1) is 0 Å². The molecule has 0 spiro atoms. The first kappa shape index (κ1) is 15.8. The molecule has 1 heteroatoms. The molecule has 0 nitrogen and oxygen atoms in total. The first-order chi connectivity index (χ1) is 10.2. The van der Waals surface area contributed by atoms with Gasteiger partial charge in [-0.3, -0.25) is 0 Å². The molecule has 0 aromatic rings. The molecule has 3 aliphatic rings. The van der Waals surface area contributed by atoms with Gasteiger partial charge in [0.05, 0.1) is 0 Å². The molecule has 0 heterocycles. The van der Waals surface area contributed by atoms with Gasteiger partial charge in [-0.2, -0.15) is 0 Å². The van der Waals surface area contributed by atoms with Crippen LogP contribution in [0.1, 0.15) is 84.0 Å². The standard InChI is InChI=1S/C20H35P/c1-17-11-9-10-16-20(17)21(2,18-12-5-3-6-13-18)19-14-7-4-8-15-19/h9,11,18-19,21H,3-8,10,12-16H2,1-2H3. The van der Waals surface area contributed by atoms with E-state index in [0.717, 1.165) is 11.3 Å². The second kappa shape index (κ2) is 6.99. The summed E-state index contributed by atoms with van der Waals surface area (Å²) in [7, 11) is -1.28. The van der Waals surface area contributed by atoms with Crippen LogP contribution >= 0.6 is 7.26 Å². The molecule has 0 unspecified atom stereocenters. The normalized spacial score (nSPS) is 27.1. The summed E-state index contributed by atoms with van der Waals surface area (Å²) < 4.78 is 0. The summed E-state index contributed by atoms with van der Waals surface area (Å²) in [5.74, 6) is 0. The van der Waals surface area contributed by atoms with E-state index in [1.54, 1.807) is 31.3 Å². The molecule has 0 atom stereocenters. The summed E-state index contributed by atoms with van der Waals surface area (Å²) in [4.78, 5) is 0. The molecule has 2 saturated carbocycles. The predicted octanol–water partition coefficient (Wildman–Crippen LogP) is 6.66. The minimum absolute atomic E-state index is 1.10. The molecule has 0 amide bonds. The van der Waals surface area contributed by atoms with Crippen LogP contribution in [0.3, 0.4) is 0 Å². The third kappa shape index (κ3) is 3.17. The van der Waals surface area contributed by atoms with Crippen LogP contribution in [0.5, 0.6) is 0 Å². The van der Waals surface area contributed by atoms with Crippen molar-refractivity contribution in [3.8, 4) is 0 Å². The maximum absolute atomic E-state index is 2.82. The Labute approximate surface area is 132 Å². The van der Waals surface area contributed by atoms with Gasteiger partial charge in [-0.05, 0) is 0 Å². The van der Waals surface area contributed by atoms with E-state index in [-0.39, 0.29) is 0 Å². The Kier molecular flexibility index (Phi) is 5.26. The van der Waals surface area contributed by atoms with Gasteiger partial charge in [-0.1, -0.05) is 0 Å². The maximum atomic E-state index is 2.82. The second-order valence-electron chi connectivity index (χ2n) is 8.06. The molecule has 0 N–H and O–H groups in total. The van der Waals surface area contributed by atoms with Gasteiger partial charge in [0.25, 0.3) is 0 Å². The van der Waals surface area contributed by atoms with Gasteiger partial charge in [0.1, 0.15) is 0 Å². The van der Waals surface area contributed by atoms with Crippen molar-refractivity contribution in [3.63, 3.8) is 0 Å². The molecule has 3 aliphatic carbocycles. The topological polar surface area (TPSA) is 0 Å². The monoisotopic (exact) mass is 306 g/mol. The molecule has 2 fully saturated rings. The third-order valence-electron chi connectivity index (χ3n) is 6.96. The molecule has 0 radical (unpaired) electrons. The number of hydrogen-bond acceptors (Lipinski definition) is 0. The Balaban J connectivity index is 1.94. The summed E-state index contributed by atoms with van der Waals surface area (Å²) in [5.41, 5.74) is 3.88. The Bertz CT molecular complexity index is 388. The van der Waals surface area contributed by atoms with Gasteiger partial charge < -0.3 is 0 Å². The Morgan fingerprint density at radius 1 is 0.857 bits per heavy atom. The Morgan fingerprint density at radius 2 is 1.38 bits per heavy atom. The van der Waals surface area contributed by atoms with E-state index in [2.05, 4.69) is 25.7 Å². The van der Waals surface area contributed by atoms with Crippen molar-refractivity contribution in [2.45, 2.75) is 95.3 Å². The van der Waals surface area contributed by atoms with Crippen LogP contribution in [0, 0.1) is 0 Å². The van der Waals surface area contributed by atoms with Gasteiger partial charge in [-0.25, -0.2) is 0 Å². The van der Waals surface area contributed by atoms with Crippen molar-refractivity contribution in [2.75, 3.05) is 6.66 Å². The van der Waals surface area contributed by atoms with Crippen LogP contribution in [0.2, 0.25) is 0 Å². The van der Waals surface area contributed by atoms with E-state index in [0.29, 0.717) is 0 Å². The van der Waals surface area contributed by atoms with Crippen molar-refractivity contribution >= 4 is 7.26 Å². The Hall–Kier alpha value is -0.0900. The van der Waals surface area contributed by atoms with Crippen LogP contribution < -0.4 is 0 Å². The molecule has 0 aromatic carbocycles. The van der Waals surface area contributed by atoms with Gasteiger partial charge in [0.2, 0.25) is 0 Å². The second-order valence-corrected chi connectivity index (χ2v) is 12.9. The van der Waals surface area contributed by atoms with Crippen LogP contribution in [-0.4, -0.2) is 18.0 Å². The predicted molar refractivity (Wildman–Crippen MR) is 99.1 cm³/mol. The Morgan fingerprint density at radius 3 is 1.86 bits per heavy atom. The van der Waals surface area contributed by atoms with Gasteiger partial charge >= 0.3 is 132 Å². The number of rotatable bonds is 3. The zero-order chi connectivity index (χ0) is 14.7.